The van der Waals surface area contributed by atoms with Crippen molar-refractivity contribution < 1.29 is 0 Å². The Kier molecular flexibility index (Phi) is 4.62. The van der Waals surface area contributed by atoms with E-state index in [9.17, 15) is 0 Å². The maximum atomic E-state index is 5.85. The van der Waals surface area contributed by atoms with Crippen molar-refractivity contribution in [3.8, 4) is 0 Å². The van der Waals surface area contributed by atoms with Gasteiger partial charge in [-0.25, -0.2) is 9.97 Å². The molecule has 1 atom stereocenters. The maximum Gasteiger partial charge on any atom is 0.148 e. The summed E-state index contributed by atoms with van der Waals surface area (Å²) in [5, 5.41) is 3.65. The molecule has 0 saturated carbocycles. The van der Waals surface area contributed by atoms with Gasteiger partial charge in [-0.15, -0.1) is 0 Å². The molecule has 78 valence electrons. The Bertz CT molecular complexity index is 279. The highest BCUT2D eigenvalue weighted by Crippen LogP contribution is 2.15. The summed E-state index contributed by atoms with van der Waals surface area (Å²) >= 11 is 5.85. The highest BCUT2D eigenvalue weighted by molar-refractivity contribution is 6.32. The summed E-state index contributed by atoms with van der Waals surface area (Å²) < 4.78 is 0. The minimum atomic E-state index is 0.239. The van der Waals surface area contributed by atoms with Gasteiger partial charge in [-0.05, 0) is 12.8 Å². The van der Waals surface area contributed by atoms with Crippen LogP contribution in [0.5, 0.6) is 0 Å². The summed E-state index contributed by atoms with van der Waals surface area (Å²) in [5.74, 6) is 0.671. The average molecular weight is 215 g/mol. The molecule has 14 heavy (non-hydrogen) atoms. The molecule has 1 unspecified atom stereocenters. The minimum Gasteiger partial charge on any atom is -0.369 e. The summed E-state index contributed by atoms with van der Waals surface area (Å²) in [6, 6.07) is 0.239. The standard InChI is InChI=1S/C9H15ClN4/c1-2-7(11)3-4-13-9-8(10)5-12-6-14-9/h5-7H,2-4,11H2,1H3,(H,12,13,14). The topological polar surface area (TPSA) is 63.8 Å². The molecule has 0 spiro atoms. The first kappa shape index (κ1) is 11.2. The van der Waals surface area contributed by atoms with E-state index in [1.807, 2.05) is 0 Å². The van der Waals surface area contributed by atoms with Crippen LogP contribution in [0.4, 0.5) is 5.82 Å². The second kappa shape index (κ2) is 5.78. The van der Waals surface area contributed by atoms with Crippen LogP contribution in [-0.4, -0.2) is 22.6 Å². The van der Waals surface area contributed by atoms with E-state index in [2.05, 4.69) is 22.2 Å². The van der Waals surface area contributed by atoms with Crippen molar-refractivity contribution >= 4 is 17.4 Å². The number of hydrogen-bond donors (Lipinski definition) is 2. The Labute approximate surface area is 88.9 Å². The first-order valence-electron chi connectivity index (χ1n) is 4.69. The van der Waals surface area contributed by atoms with Gasteiger partial charge in [-0.3, -0.25) is 0 Å². The number of hydrogen-bond acceptors (Lipinski definition) is 4. The smallest absolute Gasteiger partial charge is 0.148 e. The zero-order chi connectivity index (χ0) is 10.4. The Morgan fingerprint density at radius 1 is 1.64 bits per heavy atom. The van der Waals surface area contributed by atoms with Gasteiger partial charge in [0.2, 0.25) is 0 Å². The molecule has 0 radical (unpaired) electrons. The summed E-state index contributed by atoms with van der Waals surface area (Å²) in [4.78, 5) is 7.80. The van der Waals surface area contributed by atoms with E-state index in [0.29, 0.717) is 10.8 Å². The predicted octanol–water partition coefficient (Wildman–Crippen LogP) is 1.67. The monoisotopic (exact) mass is 214 g/mol. The second-order valence-electron chi connectivity index (χ2n) is 3.10. The van der Waals surface area contributed by atoms with Gasteiger partial charge in [-0.2, -0.15) is 0 Å². The van der Waals surface area contributed by atoms with Crippen LogP contribution in [-0.2, 0) is 0 Å². The van der Waals surface area contributed by atoms with Crippen molar-refractivity contribution in [3.05, 3.63) is 17.5 Å². The first-order valence-corrected chi connectivity index (χ1v) is 5.06. The van der Waals surface area contributed by atoms with E-state index in [4.69, 9.17) is 17.3 Å². The molecule has 1 rings (SSSR count). The highest BCUT2D eigenvalue weighted by atomic mass is 35.5. The van der Waals surface area contributed by atoms with Crippen LogP contribution in [0.2, 0.25) is 5.02 Å². The molecule has 0 aliphatic carbocycles. The van der Waals surface area contributed by atoms with Gasteiger partial charge >= 0.3 is 0 Å². The van der Waals surface area contributed by atoms with E-state index in [1.54, 1.807) is 6.20 Å². The van der Waals surface area contributed by atoms with Gasteiger partial charge in [0.15, 0.2) is 0 Å². The third-order valence-electron chi connectivity index (χ3n) is 2.00. The number of rotatable bonds is 5. The minimum absolute atomic E-state index is 0.239. The van der Waals surface area contributed by atoms with Crippen LogP contribution in [0.25, 0.3) is 0 Å². The normalized spacial score (nSPS) is 12.5. The Balaban J connectivity index is 2.35. The first-order chi connectivity index (χ1) is 6.74. The van der Waals surface area contributed by atoms with Gasteiger partial charge in [0.25, 0.3) is 0 Å². The Hall–Kier alpha value is -0.870. The molecule has 0 aliphatic heterocycles. The van der Waals surface area contributed by atoms with Crippen LogP contribution in [0.15, 0.2) is 12.5 Å². The molecule has 0 aliphatic rings. The molecule has 1 aromatic heterocycles. The number of halogens is 1. The SMILES string of the molecule is CCC(N)CCNc1ncncc1Cl. The van der Waals surface area contributed by atoms with Gasteiger partial charge in [0.05, 0.1) is 6.20 Å². The number of aromatic nitrogens is 2. The largest absolute Gasteiger partial charge is 0.369 e. The fourth-order valence-electron chi connectivity index (χ4n) is 1.02. The van der Waals surface area contributed by atoms with E-state index in [-0.39, 0.29) is 6.04 Å². The third-order valence-corrected chi connectivity index (χ3v) is 2.28. The Morgan fingerprint density at radius 3 is 3.07 bits per heavy atom. The van der Waals surface area contributed by atoms with Crippen LogP contribution in [0.3, 0.4) is 0 Å². The molecule has 0 saturated heterocycles. The molecule has 5 heteroatoms. The van der Waals surface area contributed by atoms with E-state index < -0.39 is 0 Å². The van der Waals surface area contributed by atoms with Crippen molar-refractivity contribution in [2.45, 2.75) is 25.8 Å². The fourth-order valence-corrected chi connectivity index (χ4v) is 1.19. The van der Waals surface area contributed by atoms with E-state index in [1.165, 1.54) is 6.33 Å². The quantitative estimate of drug-likeness (QED) is 0.783. The second-order valence-corrected chi connectivity index (χ2v) is 3.51. The number of nitrogens with two attached hydrogens (primary N) is 1. The lowest BCUT2D eigenvalue weighted by molar-refractivity contribution is 0.613. The molecular formula is C9H15ClN4. The lowest BCUT2D eigenvalue weighted by atomic mass is 10.2. The number of nitrogens with zero attached hydrogens (tertiary/aromatic N) is 2. The molecule has 1 aromatic rings. The van der Waals surface area contributed by atoms with Crippen molar-refractivity contribution in [3.63, 3.8) is 0 Å². The number of anilines is 1. The van der Waals surface area contributed by atoms with E-state index in [0.717, 1.165) is 19.4 Å². The van der Waals surface area contributed by atoms with Crippen molar-refractivity contribution in [1.82, 2.24) is 9.97 Å². The zero-order valence-corrected chi connectivity index (χ0v) is 8.96. The van der Waals surface area contributed by atoms with Gasteiger partial charge in [0.1, 0.15) is 17.2 Å². The average Bonchev–Trinajstić information content (AvgIpc) is 2.20. The van der Waals surface area contributed by atoms with Crippen LogP contribution in [0, 0.1) is 0 Å². The molecule has 0 bridgehead atoms. The van der Waals surface area contributed by atoms with Crippen LogP contribution in [0.1, 0.15) is 19.8 Å². The predicted molar refractivity (Wildman–Crippen MR) is 58.4 cm³/mol. The molecule has 4 nitrogen and oxygen atoms in total. The molecule has 0 aromatic carbocycles. The molecular weight excluding hydrogens is 200 g/mol. The fraction of sp³-hybridized carbons (Fsp3) is 0.556. The zero-order valence-electron chi connectivity index (χ0n) is 8.20. The third kappa shape index (κ3) is 3.47. The van der Waals surface area contributed by atoms with E-state index >= 15 is 0 Å². The number of nitrogens with one attached hydrogen (secondary N) is 1. The summed E-state index contributed by atoms with van der Waals surface area (Å²) in [5.41, 5.74) is 5.77. The lowest BCUT2D eigenvalue weighted by Gasteiger charge is -2.10. The van der Waals surface area contributed by atoms with Crippen LogP contribution >= 0.6 is 11.6 Å². The lowest BCUT2D eigenvalue weighted by Crippen LogP contribution is -2.22. The van der Waals surface area contributed by atoms with Crippen LogP contribution < -0.4 is 11.1 Å². The summed E-state index contributed by atoms with van der Waals surface area (Å²) in [6.07, 6.45) is 4.93. The van der Waals surface area contributed by atoms with Crippen molar-refractivity contribution in [2.75, 3.05) is 11.9 Å². The molecule has 0 amide bonds. The maximum absolute atomic E-state index is 5.85. The molecule has 1 heterocycles. The molecule has 0 fully saturated rings. The summed E-state index contributed by atoms with van der Waals surface area (Å²) in [6.45, 7) is 2.86. The van der Waals surface area contributed by atoms with Gasteiger partial charge in [0, 0.05) is 12.6 Å². The summed E-state index contributed by atoms with van der Waals surface area (Å²) in [7, 11) is 0. The molecule has 3 N–H and O–H groups in total. The van der Waals surface area contributed by atoms with Gasteiger partial charge in [-0.1, -0.05) is 18.5 Å². The highest BCUT2D eigenvalue weighted by Gasteiger charge is 2.01. The van der Waals surface area contributed by atoms with Crippen molar-refractivity contribution in [1.29, 1.82) is 0 Å². The van der Waals surface area contributed by atoms with Gasteiger partial charge < -0.3 is 11.1 Å². The Morgan fingerprint density at radius 2 is 2.43 bits per heavy atom. The van der Waals surface area contributed by atoms with Crippen molar-refractivity contribution in [2.24, 2.45) is 5.73 Å².